The minimum absolute atomic E-state index is 0.131. The molecule has 0 saturated heterocycles. The molecule has 0 aromatic carbocycles. The van der Waals surface area contributed by atoms with Crippen LogP contribution in [0.4, 0.5) is 0 Å². The summed E-state index contributed by atoms with van der Waals surface area (Å²) in [7, 11) is 0. The molecule has 2 N–H and O–H groups in total. The summed E-state index contributed by atoms with van der Waals surface area (Å²) < 4.78 is 0. The normalized spacial score (nSPS) is 16.8. The van der Waals surface area contributed by atoms with Crippen molar-refractivity contribution in [1.29, 1.82) is 0 Å². The highest BCUT2D eigenvalue weighted by atomic mass is 16.3. The van der Waals surface area contributed by atoms with Crippen molar-refractivity contribution in [3.8, 4) is 0 Å². The molecule has 0 bridgehead atoms. The number of aliphatic hydroxyl groups excluding tert-OH is 1. The first-order valence-electron chi connectivity index (χ1n) is 4.12. The lowest BCUT2D eigenvalue weighted by Crippen LogP contribution is -2.29. The fraction of sp³-hybridized carbons (Fsp3) is 1.00. The third-order valence-electron chi connectivity index (χ3n) is 1.65. The Morgan fingerprint density at radius 1 is 1.40 bits per heavy atom. The first-order chi connectivity index (χ1) is 4.70. The molecule has 0 fully saturated rings. The largest absolute Gasteiger partial charge is 0.393 e. The molecule has 0 aliphatic rings. The molecule has 0 heterocycles. The Morgan fingerprint density at radius 2 is 2.00 bits per heavy atom. The van der Waals surface area contributed by atoms with Crippen molar-refractivity contribution in [2.75, 3.05) is 6.54 Å². The average Bonchev–Trinajstić information content (AvgIpc) is 1.88. The van der Waals surface area contributed by atoms with Crippen molar-refractivity contribution in [3.05, 3.63) is 0 Å². The SMILES string of the molecule is CCNC(C)CC(O)CC. The summed E-state index contributed by atoms with van der Waals surface area (Å²) in [6.45, 7) is 7.16. The monoisotopic (exact) mass is 145 g/mol. The second-order valence-corrected chi connectivity index (χ2v) is 2.76. The highest BCUT2D eigenvalue weighted by Crippen LogP contribution is 2.00. The number of aliphatic hydroxyl groups is 1. The standard InChI is InChI=1S/C8H19NO/c1-4-8(10)6-7(3)9-5-2/h7-10H,4-6H2,1-3H3. The van der Waals surface area contributed by atoms with Crippen molar-refractivity contribution in [3.63, 3.8) is 0 Å². The van der Waals surface area contributed by atoms with Crippen molar-refractivity contribution < 1.29 is 5.11 Å². The highest BCUT2D eigenvalue weighted by Gasteiger charge is 2.05. The van der Waals surface area contributed by atoms with Gasteiger partial charge in [-0.15, -0.1) is 0 Å². The summed E-state index contributed by atoms with van der Waals surface area (Å²) in [6.07, 6.45) is 1.59. The van der Waals surface area contributed by atoms with E-state index in [-0.39, 0.29) is 6.10 Å². The number of hydrogen-bond donors (Lipinski definition) is 2. The molecule has 2 nitrogen and oxygen atoms in total. The van der Waals surface area contributed by atoms with Gasteiger partial charge in [0.15, 0.2) is 0 Å². The summed E-state index contributed by atoms with van der Waals surface area (Å²) in [5.41, 5.74) is 0. The fourth-order valence-corrected chi connectivity index (χ4v) is 1.01. The van der Waals surface area contributed by atoms with Gasteiger partial charge in [0.25, 0.3) is 0 Å². The molecule has 2 heteroatoms. The van der Waals surface area contributed by atoms with Crippen LogP contribution in [0.2, 0.25) is 0 Å². The molecule has 0 radical (unpaired) electrons. The molecule has 0 aromatic heterocycles. The highest BCUT2D eigenvalue weighted by molar-refractivity contribution is 4.64. The molecular weight excluding hydrogens is 126 g/mol. The molecule has 0 saturated carbocycles. The Hall–Kier alpha value is -0.0800. The Morgan fingerprint density at radius 3 is 2.40 bits per heavy atom. The van der Waals surface area contributed by atoms with Gasteiger partial charge in [0, 0.05) is 6.04 Å². The molecule has 2 unspecified atom stereocenters. The van der Waals surface area contributed by atoms with Crippen LogP contribution in [-0.2, 0) is 0 Å². The Kier molecular flexibility index (Phi) is 5.64. The van der Waals surface area contributed by atoms with Crippen molar-refractivity contribution in [2.45, 2.75) is 45.8 Å². The van der Waals surface area contributed by atoms with Crippen LogP contribution in [0.15, 0.2) is 0 Å². The van der Waals surface area contributed by atoms with Gasteiger partial charge in [-0.2, -0.15) is 0 Å². The second kappa shape index (κ2) is 5.69. The maximum atomic E-state index is 9.21. The van der Waals surface area contributed by atoms with Gasteiger partial charge < -0.3 is 10.4 Å². The first kappa shape index (κ1) is 9.92. The number of nitrogens with one attached hydrogen (secondary N) is 1. The summed E-state index contributed by atoms with van der Waals surface area (Å²) in [5.74, 6) is 0. The van der Waals surface area contributed by atoms with E-state index < -0.39 is 0 Å². The van der Waals surface area contributed by atoms with E-state index in [1.54, 1.807) is 0 Å². The molecule has 0 spiro atoms. The van der Waals surface area contributed by atoms with Gasteiger partial charge in [0.1, 0.15) is 0 Å². The lowest BCUT2D eigenvalue weighted by atomic mass is 10.1. The van der Waals surface area contributed by atoms with E-state index in [2.05, 4.69) is 19.2 Å². The second-order valence-electron chi connectivity index (χ2n) is 2.76. The molecule has 0 aromatic rings. The Balaban J connectivity index is 3.27. The number of hydrogen-bond acceptors (Lipinski definition) is 2. The third kappa shape index (κ3) is 4.77. The van der Waals surface area contributed by atoms with Crippen molar-refractivity contribution in [2.24, 2.45) is 0 Å². The maximum Gasteiger partial charge on any atom is 0.0552 e. The maximum absolute atomic E-state index is 9.21. The minimum atomic E-state index is -0.131. The van der Waals surface area contributed by atoms with Gasteiger partial charge in [-0.3, -0.25) is 0 Å². The molecular formula is C8H19NO. The van der Waals surface area contributed by atoms with Crippen molar-refractivity contribution >= 4 is 0 Å². The smallest absolute Gasteiger partial charge is 0.0552 e. The van der Waals surface area contributed by atoms with Gasteiger partial charge in [-0.25, -0.2) is 0 Å². The first-order valence-corrected chi connectivity index (χ1v) is 4.12. The summed E-state index contributed by atoms with van der Waals surface area (Å²) in [6, 6.07) is 0.444. The van der Waals surface area contributed by atoms with Gasteiger partial charge >= 0.3 is 0 Å². The zero-order valence-electron chi connectivity index (χ0n) is 7.22. The average molecular weight is 145 g/mol. The van der Waals surface area contributed by atoms with Crippen LogP contribution in [0.3, 0.4) is 0 Å². The van der Waals surface area contributed by atoms with Gasteiger partial charge in [-0.05, 0) is 26.3 Å². The Bertz CT molecular complexity index is 75.7. The lowest BCUT2D eigenvalue weighted by Gasteiger charge is -2.15. The van der Waals surface area contributed by atoms with Crippen LogP contribution in [0.1, 0.15) is 33.6 Å². The molecule has 0 aliphatic heterocycles. The van der Waals surface area contributed by atoms with Crippen LogP contribution in [0.25, 0.3) is 0 Å². The van der Waals surface area contributed by atoms with Gasteiger partial charge in [0.2, 0.25) is 0 Å². The summed E-state index contributed by atoms with van der Waals surface area (Å²) in [5, 5.41) is 12.5. The molecule has 0 aliphatic carbocycles. The predicted octanol–water partition coefficient (Wildman–Crippen LogP) is 1.15. The molecule has 0 amide bonds. The van der Waals surface area contributed by atoms with E-state index in [4.69, 9.17) is 0 Å². The zero-order valence-corrected chi connectivity index (χ0v) is 7.22. The fourth-order valence-electron chi connectivity index (χ4n) is 1.01. The van der Waals surface area contributed by atoms with E-state index >= 15 is 0 Å². The minimum Gasteiger partial charge on any atom is -0.393 e. The van der Waals surface area contributed by atoms with E-state index in [1.807, 2.05) is 6.92 Å². The quantitative estimate of drug-likeness (QED) is 0.608. The van der Waals surface area contributed by atoms with Crippen molar-refractivity contribution in [1.82, 2.24) is 5.32 Å². The van der Waals surface area contributed by atoms with Crippen LogP contribution in [0.5, 0.6) is 0 Å². The van der Waals surface area contributed by atoms with E-state index in [9.17, 15) is 5.11 Å². The van der Waals surface area contributed by atoms with Gasteiger partial charge in [0.05, 0.1) is 6.10 Å². The molecule has 10 heavy (non-hydrogen) atoms. The summed E-state index contributed by atoms with van der Waals surface area (Å²) in [4.78, 5) is 0. The lowest BCUT2D eigenvalue weighted by molar-refractivity contribution is 0.148. The van der Waals surface area contributed by atoms with Crippen LogP contribution >= 0.6 is 0 Å². The zero-order chi connectivity index (χ0) is 7.98. The summed E-state index contributed by atoms with van der Waals surface area (Å²) >= 11 is 0. The van der Waals surface area contributed by atoms with E-state index in [0.29, 0.717) is 6.04 Å². The molecule has 0 rings (SSSR count). The molecule has 62 valence electrons. The molecule has 2 atom stereocenters. The van der Waals surface area contributed by atoms with Crippen LogP contribution in [-0.4, -0.2) is 23.8 Å². The van der Waals surface area contributed by atoms with Gasteiger partial charge in [-0.1, -0.05) is 13.8 Å². The van der Waals surface area contributed by atoms with Crippen LogP contribution < -0.4 is 5.32 Å². The van der Waals surface area contributed by atoms with Crippen LogP contribution in [0, 0.1) is 0 Å². The van der Waals surface area contributed by atoms with E-state index in [1.165, 1.54) is 0 Å². The number of rotatable bonds is 5. The van der Waals surface area contributed by atoms with E-state index in [0.717, 1.165) is 19.4 Å². The third-order valence-corrected chi connectivity index (χ3v) is 1.65. The predicted molar refractivity (Wildman–Crippen MR) is 44.1 cm³/mol. The topological polar surface area (TPSA) is 32.3 Å². The Labute approximate surface area is 63.6 Å².